The van der Waals surface area contributed by atoms with Crippen LogP contribution in [0.2, 0.25) is 0 Å². The van der Waals surface area contributed by atoms with Gasteiger partial charge in [-0.25, -0.2) is 9.37 Å². The number of aliphatic hydroxyl groups excluding tert-OH is 2. The Morgan fingerprint density at radius 1 is 1.19 bits per heavy atom. The van der Waals surface area contributed by atoms with E-state index in [4.69, 9.17) is 9.84 Å². The van der Waals surface area contributed by atoms with E-state index < -0.39 is 11.9 Å². The Morgan fingerprint density at radius 2 is 2.04 bits per heavy atom. The van der Waals surface area contributed by atoms with Crippen molar-refractivity contribution in [3.63, 3.8) is 0 Å². The SMILES string of the molecule is COc1ccc(-c2cnc3cc4cnn(C[C@@H](O)CO)c4cc3n2)cc1F. The van der Waals surface area contributed by atoms with Crippen molar-refractivity contribution in [1.82, 2.24) is 19.7 Å². The van der Waals surface area contributed by atoms with Gasteiger partial charge in [-0.05, 0) is 30.3 Å². The van der Waals surface area contributed by atoms with Gasteiger partial charge < -0.3 is 14.9 Å². The van der Waals surface area contributed by atoms with Gasteiger partial charge in [-0.1, -0.05) is 0 Å². The molecule has 2 aromatic carbocycles. The third-order valence-electron chi connectivity index (χ3n) is 4.35. The molecular weight excluding hydrogens is 351 g/mol. The van der Waals surface area contributed by atoms with Crippen molar-refractivity contribution in [3.8, 4) is 17.0 Å². The van der Waals surface area contributed by atoms with Gasteiger partial charge in [0.15, 0.2) is 11.6 Å². The number of nitrogens with zero attached hydrogens (tertiary/aromatic N) is 4. The van der Waals surface area contributed by atoms with Crippen LogP contribution in [-0.2, 0) is 6.54 Å². The Bertz CT molecular complexity index is 1130. The van der Waals surface area contributed by atoms with E-state index in [0.717, 1.165) is 10.9 Å². The summed E-state index contributed by atoms with van der Waals surface area (Å²) < 4.78 is 20.5. The summed E-state index contributed by atoms with van der Waals surface area (Å²) in [4.78, 5) is 9.01. The molecule has 0 fully saturated rings. The largest absolute Gasteiger partial charge is 0.494 e. The number of hydrogen-bond acceptors (Lipinski definition) is 6. The van der Waals surface area contributed by atoms with Gasteiger partial charge in [0.2, 0.25) is 0 Å². The first-order valence-electron chi connectivity index (χ1n) is 8.34. The molecule has 2 N–H and O–H groups in total. The van der Waals surface area contributed by atoms with Crippen molar-refractivity contribution in [3.05, 3.63) is 48.5 Å². The van der Waals surface area contributed by atoms with E-state index in [0.29, 0.717) is 22.3 Å². The topological polar surface area (TPSA) is 93.3 Å². The fourth-order valence-electron chi connectivity index (χ4n) is 2.95. The van der Waals surface area contributed by atoms with Crippen LogP contribution in [0.1, 0.15) is 0 Å². The van der Waals surface area contributed by atoms with E-state index in [1.54, 1.807) is 29.2 Å². The lowest BCUT2D eigenvalue weighted by Crippen LogP contribution is -2.20. The molecule has 4 aromatic rings. The maximum atomic E-state index is 14.0. The normalized spacial score (nSPS) is 12.6. The van der Waals surface area contributed by atoms with Crippen LogP contribution in [0.15, 0.2) is 42.7 Å². The van der Waals surface area contributed by atoms with E-state index in [-0.39, 0.29) is 18.9 Å². The first-order chi connectivity index (χ1) is 13.1. The van der Waals surface area contributed by atoms with E-state index in [1.165, 1.54) is 13.2 Å². The molecule has 4 rings (SSSR count). The Morgan fingerprint density at radius 3 is 2.78 bits per heavy atom. The van der Waals surface area contributed by atoms with Crippen molar-refractivity contribution >= 4 is 21.9 Å². The van der Waals surface area contributed by atoms with E-state index >= 15 is 0 Å². The smallest absolute Gasteiger partial charge is 0.165 e. The van der Waals surface area contributed by atoms with Crippen LogP contribution in [0, 0.1) is 5.82 Å². The minimum Gasteiger partial charge on any atom is -0.494 e. The van der Waals surface area contributed by atoms with Crippen molar-refractivity contribution in [2.75, 3.05) is 13.7 Å². The summed E-state index contributed by atoms with van der Waals surface area (Å²) in [6.45, 7) is -0.176. The third-order valence-corrected chi connectivity index (χ3v) is 4.35. The molecule has 0 spiro atoms. The highest BCUT2D eigenvalue weighted by Gasteiger charge is 2.12. The highest BCUT2D eigenvalue weighted by molar-refractivity contribution is 5.93. The number of benzene rings is 2. The second kappa shape index (κ2) is 6.90. The van der Waals surface area contributed by atoms with E-state index in [9.17, 15) is 9.50 Å². The summed E-state index contributed by atoms with van der Waals surface area (Å²) in [5.41, 5.74) is 3.19. The summed E-state index contributed by atoms with van der Waals surface area (Å²) in [5.74, 6) is -0.302. The highest BCUT2D eigenvalue weighted by Crippen LogP contribution is 2.26. The Labute approximate surface area is 153 Å². The summed E-state index contributed by atoms with van der Waals surface area (Å²) in [6, 6.07) is 8.29. The number of ether oxygens (including phenoxy) is 1. The lowest BCUT2D eigenvalue weighted by Gasteiger charge is -2.09. The van der Waals surface area contributed by atoms with Gasteiger partial charge in [0.25, 0.3) is 0 Å². The van der Waals surface area contributed by atoms with Crippen LogP contribution in [0.4, 0.5) is 4.39 Å². The molecule has 27 heavy (non-hydrogen) atoms. The number of halogens is 1. The number of aromatic nitrogens is 4. The lowest BCUT2D eigenvalue weighted by atomic mass is 10.1. The maximum Gasteiger partial charge on any atom is 0.165 e. The zero-order chi connectivity index (χ0) is 19.0. The minimum atomic E-state index is -0.900. The first kappa shape index (κ1) is 17.3. The average Bonchev–Trinajstić information content (AvgIpc) is 3.07. The molecule has 0 radical (unpaired) electrons. The minimum absolute atomic E-state index is 0.167. The van der Waals surface area contributed by atoms with Crippen molar-refractivity contribution in [2.45, 2.75) is 12.6 Å². The van der Waals surface area contributed by atoms with Gasteiger partial charge in [0, 0.05) is 10.9 Å². The molecule has 0 bridgehead atoms. The second-order valence-electron chi connectivity index (χ2n) is 6.17. The number of hydrogen-bond donors (Lipinski definition) is 2. The molecule has 1 atom stereocenters. The van der Waals surface area contributed by atoms with Gasteiger partial charge in [-0.15, -0.1) is 0 Å². The van der Waals surface area contributed by atoms with Crippen molar-refractivity contribution < 1.29 is 19.3 Å². The lowest BCUT2D eigenvalue weighted by molar-refractivity contribution is 0.0793. The number of rotatable bonds is 5. The van der Waals surface area contributed by atoms with E-state index in [1.807, 2.05) is 12.1 Å². The zero-order valence-corrected chi connectivity index (χ0v) is 14.5. The monoisotopic (exact) mass is 368 g/mol. The first-order valence-corrected chi connectivity index (χ1v) is 8.34. The molecule has 0 aliphatic rings. The summed E-state index contributed by atoms with van der Waals surface area (Å²) >= 11 is 0. The third kappa shape index (κ3) is 3.20. The molecule has 0 amide bonds. The molecule has 0 saturated heterocycles. The summed E-state index contributed by atoms with van der Waals surface area (Å²) in [5, 5.41) is 23.8. The van der Waals surface area contributed by atoms with Crippen LogP contribution in [0.5, 0.6) is 5.75 Å². The molecule has 138 valence electrons. The molecular formula is C19H17FN4O3. The van der Waals surface area contributed by atoms with Crippen LogP contribution >= 0.6 is 0 Å². The fourth-order valence-corrected chi connectivity index (χ4v) is 2.95. The van der Waals surface area contributed by atoms with Crippen LogP contribution < -0.4 is 4.74 Å². The Kier molecular flexibility index (Phi) is 4.43. The van der Waals surface area contributed by atoms with Gasteiger partial charge in [-0.2, -0.15) is 5.10 Å². The predicted molar refractivity (Wildman–Crippen MR) is 97.9 cm³/mol. The number of methoxy groups -OCH3 is 1. The number of aliphatic hydroxyl groups is 2. The molecule has 0 saturated carbocycles. The van der Waals surface area contributed by atoms with E-state index in [2.05, 4.69) is 15.1 Å². The molecule has 0 aliphatic heterocycles. The van der Waals surface area contributed by atoms with Gasteiger partial charge in [0.05, 0.1) is 61.0 Å². The average molecular weight is 368 g/mol. The molecule has 2 heterocycles. The van der Waals surface area contributed by atoms with Crippen LogP contribution in [-0.4, -0.2) is 49.8 Å². The van der Waals surface area contributed by atoms with Gasteiger partial charge in [-0.3, -0.25) is 9.67 Å². The Balaban J connectivity index is 1.79. The number of fused-ring (bicyclic) bond motifs is 2. The van der Waals surface area contributed by atoms with Crippen molar-refractivity contribution in [1.29, 1.82) is 0 Å². The summed E-state index contributed by atoms with van der Waals surface area (Å²) in [6.07, 6.45) is 2.37. The van der Waals surface area contributed by atoms with Crippen LogP contribution in [0.25, 0.3) is 33.2 Å². The molecule has 0 aliphatic carbocycles. The Hall–Kier alpha value is -3.10. The van der Waals surface area contributed by atoms with Gasteiger partial charge >= 0.3 is 0 Å². The predicted octanol–water partition coefficient (Wildman–Crippen LogP) is 2.15. The maximum absolute atomic E-state index is 14.0. The molecule has 8 heteroatoms. The summed E-state index contributed by atoms with van der Waals surface area (Å²) in [7, 11) is 1.41. The van der Waals surface area contributed by atoms with Crippen LogP contribution in [0.3, 0.4) is 0 Å². The zero-order valence-electron chi connectivity index (χ0n) is 14.5. The molecule has 7 nitrogen and oxygen atoms in total. The van der Waals surface area contributed by atoms with Crippen molar-refractivity contribution in [2.24, 2.45) is 0 Å². The standard InChI is InChI=1S/C19H17FN4O3/c1-27-19-3-2-11(4-14(19)20)17-8-21-15-5-12-7-22-24(9-13(26)10-25)18(12)6-16(15)23-17/h2-8,13,25-26H,9-10H2,1H3/t13-/m1/s1. The highest BCUT2D eigenvalue weighted by atomic mass is 19.1. The fraction of sp³-hybridized carbons (Fsp3) is 0.211. The van der Waals surface area contributed by atoms with Gasteiger partial charge in [0.1, 0.15) is 0 Å². The quantitative estimate of drug-likeness (QED) is 0.561. The molecule has 0 unspecified atom stereocenters. The molecule has 2 aromatic heterocycles. The second-order valence-corrected chi connectivity index (χ2v) is 6.17.